The normalized spacial score (nSPS) is 13.1. The molecule has 0 bridgehead atoms. The fourth-order valence-corrected chi connectivity index (χ4v) is 2.21. The van der Waals surface area contributed by atoms with Crippen molar-refractivity contribution in [1.82, 2.24) is 4.98 Å². The second-order valence-corrected chi connectivity index (χ2v) is 4.77. The highest BCUT2D eigenvalue weighted by atomic mass is 16.4. The Morgan fingerprint density at radius 2 is 2.11 bits per heavy atom. The summed E-state index contributed by atoms with van der Waals surface area (Å²) in [5.41, 5.74) is 7.74. The smallest absolute Gasteiger partial charge is 0.295 e. The minimum absolute atomic E-state index is 0.299. The molecular weight excluding hydrogens is 242 g/mol. The Hall–Kier alpha value is -1.75. The molecule has 0 aliphatic carbocycles. The van der Waals surface area contributed by atoms with Gasteiger partial charge in [0, 0.05) is 18.3 Å². The van der Waals surface area contributed by atoms with E-state index in [1.54, 1.807) is 12.1 Å². The Labute approximate surface area is 112 Å². The summed E-state index contributed by atoms with van der Waals surface area (Å²) in [7, 11) is 0. The van der Waals surface area contributed by atoms with Gasteiger partial charge in [0.15, 0.2) is 5.58 Å². The maximum absolute atomic E-state index is 10.0. The van der Waals surface area contributed by atoms with E-state index in [1.807, 2.05) is 6.07 Å². The highest BCUT2D eigenvalue weighted by Crippen LogP contribution is 2.21. The molecule has 0 radical (unpaired) electrons. The first kappa shape index (κ1) is 13.7. The van der Waals surface area contributed by atoms with Crippen LogP contribution >= 0.6 is 0 Å². The molecule has 1 heterocycles. The van der Waals surface area contributed by atoms with Crippen molar-refractivity contribution in [3.05, 3.63) is 18.2 Å². The lowest BCUT2D eigenvalue weighted by molar-refractivity contribution is 0.114. The zero-order chi connectivity index (χ0) is 13.8. The maximum Gasteiger partial charge on any atom is 0.295 e. The number of nitrogens with one attached hydrogen (secondary N) is 1. The van der Waals surface area contributed by atoms with Crippen LogP contribution in [-0.2, 0) is 0 Å². The molecule has 2 aromatic rings. The van der Waals surface area contributed by atoms with E-state index in [4.69, 9.17) is 10.2 Å². The van der Waals surface area contributed by atoms with Crippen LogP contribution in [0.4, 0.5) is 11.7 Å². The zero-order valence-corrected chi connectivity index (χ0v) is 11.4. The van der Waals surface area contributed by atoms with E-state index in [0.717, 1.165) is 18.4 Å². The minimum atomic E-state index is -0.393. The molecule has 0 spiro atoms. The van der Waals surface area contributed by atoms with Crippen LogP contribution in [0.1, 0.15) is 26.7 Å². The second kappa shape index (κ2) is 5.93. The van der Waals surface area contributed by atoms with E-state index in [9.17, 15) is 5.11 Å². The first-order valence-corrected chi connectivity index (χ1v) is 6.72. The van der Waals surface area contributed by atoms with Crippen molar-refractivity contribution in [2.75, 3.05) is 17.6 Å². The number of nitrogens with zero attached hydrogens (tertiary/aromatic N) is 1. The minimum Gasteiger partial charge on any atom is -0.423 e. The standard InChI is InChI=1S/C14H21N3O2/c1-3-9(4-2)12(18)8-16-14-17-11-6-5-10(15)7-13(11)19-14/h5-7,9,12,18H,3-4,8,15H2,1-2H3,(H,16,17). The van der Waals surface area contributed by atoms with Crippen molar-refractivity contribution in [2.45, 2.75) is 32.8 Å². The number of nitrogen functional groups attached to an aromatic ring is 1. The van der Waals surface area contributed by atoms with Gasteiger partial charge in [-0.15, -0.1) is 0 Å². The Balaban J connectivity index is 2.01. The molecule has 4 N–H and O–H groups in total. The molecule has 1 aromatic carbocycles. The fourth-order valence-electron chi connectivity index (χ4n) is 2.21. The van der Waals surface area contributed by atoms with Crippen molar-refractivity contribution in [3.8, 4) is 0 Å². The highest BCUT2D eigenvalue weighted by Gasteiger charge is 2.16. The molecule has 0 aliphatic heterocycles. The van der Waals surface area contributed by atoms with Gasteiger partial charge >= 0.3 is 0 Å². The number of rotatable bonds is 6. The highest BCUT2D eigenvalue weighted by molar-refractivity contribution is 5.78. The van der Waals surface area contributed by atoms with Crippen LogP contribution in [0.15, 0.2) is 22.6 Å². The Bertz CT molecular complexity index is 534. The Kier molecular flexibility index (Phi) is 4.27. The summed E-state index contributed by atoms with van der Waals surface area (Å²) in [5, 5.41) is 13.1. The topological polar surface area (TPSA) is 84.3 Å². The van der Waals surface area contributed by atoms with Crippen molar-refractivity contribution in [1.29, 1.82) is 0 Å². The number of nitrogens with two attached hydrogens (primary N) is 1. The van der Waals surface area contributed by atoms with Crippen LogP contribution in [-0.4, -0.2) is 22.7 Å². The second-order valence-electron chi connectivity index (χ2n) is 4.77. The number of anilines is 2. The summed E-state index contributed by atoms with van der Waals surface area (Å²) in [5.74, 6) is 0.299. The van der Waals surface area contributed by atoms with Gasteiger partial charge in [0.05, 0.1) is 6.10 Å². The lowest BCUT2D eigenvalue weighted by atomic mass is 9.97. The molecule has 1 aromatic heterocycles. The summed E-state index contributed by atoms with van der Waals surface area (Å²) in [6.45, 7) is 4.61. The predicted molar refractivity (Wildman–Crippen MR) is 77.0 cm³/mol. The lowest BCUT2D eigenvalue weighted by Gasteiger charge is -2.19. The molecule has 0 amide bonds. The van der Waals surface area contributed by atoms with Crippen LogP contribution in [0.3, 0.4) is 0 Å². The first-order chi connectivity index (χ1) is 9.13. The van der Waals surface area contributed by atoms with Gasteiger partial charge < -0.3 is 20.6 Å². The van der Waals surface area contributed by atoms with Gasteiger partial charge in [-0.3, -0.25) is 0 Å². The SMILES string of the molecule is CCC(CC)C(O)CNc1nc2ccc(N)cc2o1. The maximum atomic E-state index is 10.0. The number of aliphatic hydroxyl groups excluding tert-OH is 1. The van der Waals surface area contributed by atoms with Crippen molar-refractivity contribution in [3.63, 3.8) is 0 Å². The molecule has 19 heavy (non-hydrogen) atoms. The van der Waals surface area contributed by atoms with Gasteiger partial charge in [-0.1, -0.05) is 26.7 Å². The van der Waals surface area contributed by atoms with Crippen molar-refractivity contribution in [2.24, 2.45) is 5.92 Å². The summed E-state index contributed by atoms with van der Waals surface area (Å²) in [6.07, 6.45) is 1.53. The van der Waals surface area contributed by atoms with E-state index in [1.165, 1.54) is 0 Å². The number of fused-ring (bicyclic) bond motifs is 1. The Morgan fingerprint density at radius 3 is 2.79 bits per heavy atom. The third kappa shape index (κ3) is 3.17. The number of benzene rings is 1. The molecule has 0 fully saturated rings. The number of aliphatic hydroxyl groups is 1. The van der Waals surface area contributed by atoms with Crippen LogP contribution in [0, 0.1) is 5.92 Å². The van der Waals surface area contributed by atoms with Gasteiger partial charge in [-0.2, -0.15) is 4.98 Å². The molecule has 2 rings (SSSR count). The molecule has 1 unspecified atom stereocenters. The average molecular weight is 263 g/mol. The predicted octanol–water partition coefficient (Wildman–Crippen LogP) is 2.62. The number of hydrogen-bond acceptors (Lipinski definition) is 5. The van der Waals surface area contributed by atoms with Crippen molar-refractivity contribution < 1.29 is 9.52 Å². The Morgan fingerprint density at radius 1 is 1.37 bits per heavy atom. The first-order valence-electron chi connectivity index (χ1n) is 6.72. The van der Waals surface area contributed by atoms with Gasteiger partial charge in [0.2, 0.25) is 0 Å². The summed E-state index contributed by atoms with van der Waals surface area (Å²) in [4.78, 5) is 4.29. The van der Waals surface area contributed by atoms with Crippen LogP contribution in [0.2, 0.25) is 0 Å². The molecule has 5 heteroatoms. The van der Waals surface area contributed by atoms with Gasteiger partial charge in [-0.05, 0) is 18.1 Å². The van der Waals surface area contributed by atoms with Gasteiger partial charge in [-0.25, -0.2) is 0 Å². The van der Waals surface area contributed by atoms with E-state index in [2.05, 4.69) is 24.1 Å². The summed E-state index contributed by atoms with van der Waals surface area (Å²) in [6, 6.07) is 5.76. The molecular formula is C14H21N3O2. The van der Waals surface area contributed by atoms with Gasteiger partial charge in [0.1, 0.15) is 5.52 Å². The van der Waals surface area contributed by atoms with E-state index < -0.39 is 6.10 Å². The van der Waals surface area contributed by atoms with E-state index in [-0.39, 0.29) is 0 Å². The molecule has 1 atom stereocenters. The van der Waals surface area contributed by atoms with E-state index in [0.29, 0.717) is 29.7 Å². The molecule has 0 saturated carbocycles. The monoisotopic (exact) mass is 263 g/mol. The summed E-state index contributed by atoms with van der Waals surface area (Å²) >= 11 is 0. The van der Waals surface area contributed by atoms with Crippen LogP contribution in [0.5, 0.6) is 0 Å². The largest absolute Gasteiger partial charge is 0.423 e. The quantitative estimate of drug-likeness (QED) is 0.698. The molecule has 104 valence electrons. The fraction of sp³-hybridized carbons (Fsp3) is 0.500. The van der Waals surface area contributed by atoms with E-state index >= 15 is 0 Å². The summed E-state index contributed by atoms with van der Waals surface area (Å²) < 4.78 is 5.53. The van der Waals surface area contributed by atoms with Crippen LogP contribution < -0.4 is 11.1 Å². The number of aromatic nitrogens is 1. The molecule has 5 nitrogen and oxygen atoms in total. The van der Waals surface area contributed by atoms with Gasteiger partial charge in [0.25, 0.3) is 6.01 Å². The van der Waals surface area contributed by atoms with Crippen molar-refractivity contribution >= 4 is 22.8 Å². The zero-order valence-electron chi connectivity index (χ0n) is 11.4. The molecule has 0 aliphatic rings. The average Bonchev–Trinajstić information content (AvgIpc) is 2.79. The number of hydrogen-bond donors (Lipinski definition) is 3. The number of oxazole rings is 1. The third-order valence-corrected chi connectivity index (χ3v) is 3.47. The van der Waals surface area contributed by atoms with Crippen LogP contribution in [0.25, 0.3) is 11.1 Å². The third-order valence-electron chi connectivity index (χ3n) is 3.47. The lowest BCUT2D eigenvalue weighted by Crippen LogP contribution is -2.27. The molecule has 0 saturated heterocycles.